The summed E-state index contributed by atoms with van der Waals surface area (Å²) in [5.74, 6) is 1.21. The maximum atomic E-state index is 12.2. The number of nitrogens with zero attached hydrogens (tertiary/aromatic N) is 1. The highest BCUT2D eigenvalue weighted by Gasteiger charge is 2.36. The molecule has 7 heteroatoms. The Balaban J connectivity index is 2.14. The van der Waals surface area contributed by atoms with E-state index in [1.807, 2.05) is 0 Å². The van der Waals surface area contributed by atoms with Crippen molar-refractivity contribution in [2.75, 3.05) is 28.4 Å². The number of pyridine rings is 1. The van der Waals surface area contributed by atoms with E-state index in [0.717, 1.165) is 0 Å². The number of carbonyl (C=O) groups excluding carboxylic acids is 1. The Morgan fingerprint density at radius 3 is 2.21 bits per heavy atom. The summed E-state index contributed by atoms with van der Waals surface area (Å²) in [7, 11) is 6.05. The number of benzene rings is 1. The first kappa shape index (κ1) is 15.9. The normalized spacial score (nSPS) is 15.5. The third-order valence-corrected chi connectivity index (χ3v) is 3.84. The Hall–Kier alpha value is -2.96. The number of methoxy groups -OCH3 is 4. The molecule has 1 aliphatic rings. The summed E-state index contributed by atoms with van der Waals surface area (Å²) in [6.07, 6.45) is 0.975. The van der Waals surface area contributed by atoms with Gasteiger partial charge in [0, 0.05) is 17.3 Å². The second kappa shape index (κ2) is 6.27. The van der Waals surface area contributed by atoms with Gasteiger partial charge in [0.15, 0.2) is 17.6 Å². The van der Waals surface area contributed by atoms with Gasteiger partial charge in [-0.05, 0) is 18.2 Å². The van der Waals surface area contributed by atoms with Gasteiger partial charge in [0.2, 0.25) is 11.6 Å². The Bertz CT molecular complexity index is 764. The van der Waals surface area contributed by atoms with Crippen molar-refractivity contribution in [1.29, 1.82) is 0 Å². The number of ether oxygens (including phenoxy) is 5. The van der Waals surface area contributed by atoms with Crippen LogP contribution in [0.2, 0.25) is 0 Å². The molecule has 0 saturated carbocycles. The highest BCUT2D eigenvalue weighted by molar-refractivity contribution is 5.96. The molecule has 1 unspecified atom stereocenters. The molecule has 0 amide bonds. The van der Waals surface area contributed by atoms with Crippen LogP contribution in [0.15, 0.2) is 24.4 Å². The van der Waals surface area contributed by atoms with Crippen molar-refractivity contribution in [2.24, 2.45) is 0 Å². The number of cyclic esters (lactones) is 1. The van der Waals surface area contributed by atoms with Crippen LogP contribution in [0.1, 0.15) is 27.6 Å². The smallest absolute Gasteiger partial charge is 0.345 e. The molecule has 7 nitrogen and oxygen atoms in total. The molecule has 2 heterocycles. The van der Waals surface area contributed by atoms with Gasteiger partial charge in [-0.15, -0.1) is 0 Å². The average Bonchev–Trinajstić information content (AvgIpc) is 2.97. The van der Waals surface area contributed by atoms with E-state index in [1.165, 1.54) is 28.4 Å². The third kappa shape index (κ3) is 2.38. The van der Waals surface area contributed by atoms with Gasteiger partial charge in [-0.25, -0.2) is 9.78 Å². The lowest BCUT2D eigenvalue weighted by Crippen LogP contribution is -2.03. The van der Waals surface area contributed by atoms with Crippen molar-refractivity contribution >= 4 is 5.97 Å². The Labute approximate surface area is 139 Å². The molecule has 2 aromatic rings. The topological polar surface area (TPSA) is 76.1 Å². The zero-order valence-electron chi connectivity index (χ0n) is 13.8. The molecule has 24 heavy (non-hydrogen) atoms. The molecule has 0 radical (unpaired) electrons. The number of esters is 1. The van der Waals surface area contributed by atoms with Crippen LogP contribution in [0, 0.1) is 0 Å². The van der Waals surface area contributed by atoms with Crippen molar-refractivity contribution in [2.45, 2.75) is 6.10 Å². The number of carbonyl (C=O) groups is 1. The molecule has 0 fully saturated rings. The monoisotopic (exact) mass is 331 g/mol. The lowest BCUT2D eigenvalue weighted by molar-refractivity contribution is 0.0453. The van der Waals surface area contributed by atoms with Gasteiger partial charge >= 0.3 is 5.97 Å². The Morgan fingerprint density at radius 1 is 1.00 bits per heavy atom. The molecule has 3 rings (SSSR count). The molecule has 0 spiro atoms. The molecule has 0 N–H and O–H groups in total. The van der Waals surface area contributed by atoms with E-state index in [1.54, 1.807) is 24.4 Å². The van der Waals surface area contributed by atoms with Gasteiger partial charge in [-0.3, -0.25) is 0 Å². The zero-order valence-corrected chi connectivity index (χ0v) is 13.8. The minimum Gasteiger partial charge on any atom is -0.493 e. The predicted molar refractivity (Wildman–Crippen MR) is 84.1 cm³/mol. The quantitative estimate of drug-likeness (QED) is 0.779. The number of hydrogen-bond acceptors (Lipinski definition) is 7. The molecular weight excluding hydrogens is 314 g/mol. The van der Waals surface area contributed by atoms with Crippen LogP contribution < -0.4 is 18.9 Å². The summed E-state index contributed by atoms with van der Waals surface area (Å²) in [5, 5.41) is 0. The number of aromatic nitrogens is 1. The van der Waals surface area contributed by atoms with E-state index >= 15 is 0 Å². The first-order chi connectivity index (χ1) is 11.6. The summed E-state index contributed by atoms with van der Waals surface area (Å²) in [6, 6.07) is 5.24. The fraction of sp³-hybridized carbons (Fsp3) is 0.294. The van der Waals surface area contributed by atoms with E-state index in [2.05, 4.69) is 4.98 Å². The van der Waals surface area contributed by atoms with E-state index in [9.17, 15) is 4.79 Å². The second-order valence-electron chi connectivity index (χ2n) is 5.03. The summed E-state index contributed by atoms with van der Waals surface area (Å²) in [4.78, 5) is 16.3. The van der Waals surface area contributed by atoms with E-state index in [4.69, 9.17) is 23.7 Å². The standard InChI is InChI=1S/C17H17NO6/c1-20-11-7-9(8-12(21-2)15(11)22-3)14-10-5-6-18-16(23-4)13(10)17(19)24-14/h5-8,14H,1-4H3. The number of hydrogen-bond donors (Lipinski definition) is 0. The molecule has 1 atom stereocenters. The molecular formula is C17H17NO6. The zero-order chi connectivity index (χ0) is 17.3. The minimum absolute atomic E-state index is 0.243. The first-order valence-electron chi connectivity index (χ1n) is 7.18. The third-order valence-electron chi connectivity index (χ3n) is 3.84. The Kier molecular flexibility index (Phi) is 4.16. The van der Waals surface area contributed by atoms with E-state index in [-0.39, 0.29) is 5.88 Å². The summed E-state index contributed by atoms with van der Waals surface area (Å²) >= 11 is 0. The van der Waals surface area contributed by atoms with Crippen LogP contribution in [0.4, 0.5) is 0 Å². The lowest BCUT2D eigenvalue weighted by Gasteiger charge is -2.17. The van der Waals surface area contributed by atoms with E-state index in [0.29, 0.717) is 33.9 Å². The van der Waals surface area contributed by atoms with Gasteiger partial charge in [0.1, 0.15) is 5.56 Å². The Morgan fingerprint density at radius 2 is 1.67 bits per heavy atom. The van der Waals surface area contributed by atoms with Crippen LogP contribution >= 0.6 is 0 Å². The summed E-state index contributed by atoms with van der Waals surface area (Å²) in [6.45, 7) is 0. The fourth-order valence-corrected chi connectivity index (χ4v) is 2.76. The van der Waals surface area contributed by atoms with Gasteiger partial charge < -0.3 is 23.7 Å². The first-order valence-corrected chi connectivity index (χ1v) is 7.18. The predicted octanol–water partition coefficient (Wildman–Crippen LogP) is 2.38. The maximum absolute atomic E-state index is 12.2. The van der Waals surface area contributed by atoms with Crippen molar-refractivity contribution in [3.8, 4) is 23.1 Å². The number of rotatable bonds is 5. The molecule has 1 aromatic carbocycles. The molecule has 0 bridgehead atoms. The highest BCUT2D eigenvalue weighted by Crippen LogP contribution is 2.45. The van der Waals surface area contributed by atoms with Gasteiger partial charge in [0.05, 0.1) is 28.4 Å². The van der Waals surface area contributed by atoms with Gasteiger partial charge in [-0.1, -0.05) is 0 Å². The minimum atomic E-state index is -0.599. The SMILES string of the molecule is COc1cc(C2OC(=O)c3c2ccnc3OC)cc(OC)c1OC. The summed E-state index contributed by atoms with van der Waals surface area (Å²) in [5.41, 5.74) is 1.71. The maximum Gasteiger partial charge on any atom is 0.345 e. The van der Waals surface area contributed by atoms with Crippen molar-refractivity contribution in [1.82, 2.24) is 4.98 Å². The van der Waals surface area contributed by atoms with Crippen LogP contribution in [0.25, 0.3) is 0 Å². The summed E-state index contributed by atoms with van der Waals surface area (Å²) < 4.78 is 26.7. The van der Waals surface area contributed by atoms with Gasteiger partial charge in [-0.2, -0.15) is 0 Å². The fourth-order valence-electron chi connectivity index (χ4n) is 2.76. The number of fused-ring (bicyclic) bond motifs is 1. The van der Waals surface area contributed by atoms with Crippen molar-refractivity contribution in [3.05, 3.63) is 41.1 Å². The molecule has 0 saturated heterocycles. The van der Waals surface area contributed by atoms with Crippen LogP contribution in [0.3, 0.4) is 0 Å². The van der Waals surface area contributed by atoms with Gasteiger partial charge in [0.25, 0.3) is 0 Å². The molecule has 1 aromatic heterocycles. The van der Waals surface area contributed by atoms with Crippen LogP contribution in [-0.4, -0.2) is 39.4 Å². The molecule has 126 valence electrons. The van der Waals surface area contributed by atoms with Crippen molar-refractivity contribution in [3.63, 3.8) is 0 Å². The van der Waals surface area contributed by atoms with Crippen LogP contribution in [-0.2, 0) is 4.74 Å². The highest BCUT2D eigenvalue weighted by atomic mass is 16.6. The molecule has 0 aliphatic carbocycles. The second-order valence-corrected chi connectivity index (χ2v) is 5.03. The van der Waals surface area contributed by atoms with E-state index < -0.39 is 12.1 Å². The molecule has 1 aliphatic heterocycles. The largest absolute Gasteiger partial charge is 0.493 e. The lowest BCUT2D eigenvalue weighted by atomic mass is 9.99. The average molecular weight is 331 g/mol. The van der Waals surface area contributed by atoms with Crippen LogP contribution in [0.5, 0.6) is 23.1 Å². The van der Waals surface area contributed by atoms with Crippen molar-refractivity contribution < 1.29 is 28.5 Å².